The zero-order valence-corrected chi connectivity index (χ0v) is 14.1. The van der Waals surface area contributed by atoms with E-state index in [9.17, 15) is 0 Å². The van der Waals surface area contributed by atoms with Crippen molar-refractivity contribution in [3.63, 3.8) is 0 Å². The van der Waals surface area contributed by atoms with Crippen LogP contribution in [-0.2, 0) is 11.2 Å². The van der Waals surface area contributed by atoms with Crippen LogP contribution in [0.4, 0.5) is 0 Å². The lowest BCUT2D eigenvalue weighted by Gasteiger charge is -2.29. The van der Waals surface area contributed by atoms with Gasteiger partial charge in [-0.05, 0) is 26.7 Å². The van der Waals surface area contributed by atoms with Crippen LogP contribution in [0.25, 0.3) is 0 Å². The molecule has 21 heavy (non-hydrogen) atoms. The smallest absolute Gasteiger partial charge is 0.128 e. The van der Waals surface area contributed by atoms with Crippen LogP contribution in [-0.4, -0.2) is 30.8 Å². The Balaban J connectivity index is 3.01. The Bertz CT molecular complexity index is 449. The molecule has 5 heteroatoms. The highest BCUT2D eigenvalue weighted by atomic mass is 16.5. The number of hydrogen-bond acceptors (Lipinski definition) is 5. The molecule has 1 aromatic rings. The van der Waals surface area contributed by atoms with Gasteiger partial charge in [-0.15, -0.1) is 0 Å². The van der Waals surface area contributed by atoms with E-state index in [-0.39, 0.29) is 12.1 Å². The Morgan fingerprint density at radius 2 is 2.00 bits per heavy atom. The molecule has 0 bridgehead atoms. The van der Waals surface area contributed by atoms with Crippen LogP contribution < -0.4 is 16.0 Å². The molecule has 0 radical (unpaired) electrons. The summed E-state index contributed by atoms with van der Waals surface area (Å²) in [7, 11) is 1.69. The van der Waals surface area contributed by atoms with Crippen LogP contribution in [0.5, 0.6) is 5.75 Å². The maximum atomic E-state index is 5.85. The third kappa shape index (κ3) is 4.40. The summed E-state index contributed by atoms with van der Waals surface area (Å²) in [6.07, 6.45) is 2.61. The fourth-order valence-corrected chi connectivity index (χ4v) is 2.72. The van der Waals surface area contributed by atoms with Gasteiger partial charge in [0, 0.05) is 36.0 Å². The lowest BCUT2D eigenvalue weighted by molar-refractivity contribution is 0.00330. The molecular formula is C16H29N3O2. The number of nitrogens with zero attached hydrogens (tertiary/aromatic N) is 1. The van der Waals surface area contributed by atoms with E-state index < -0.39 is 0 Å². The first kappa shape index (κ1) is 17.9. The van der Waals surface area contributed by atoms with Gasteiger partial charge in [0.05, 0.1) is 19.3 Å². The Labute approximate surface area is 128 Å². The molecule has 2 unspecified atom stereocenters. The van der Waals surface area contributed by atoms with Crippen molar-refractivity contribution in [3.8, 4) is 5.75 Å². The van der Waals surface area contributed by atoms with Crippen LogP contribution in [0.2, 0.25) is 0 Å². The molecular weight excluding hydrogens is 266 g/mol. The molecule has 5 nitrogen and oxygen atoms in total. The maximum Gasteiger partial charge on any atom is 0.128 e. The third-order valence-electron chi connectivity index (χ3n) is 3.79. The third-order valence-corrected chi connectivity index (χ3v) is 3.79. The number of methoxy groups -OCH3 is 1. The molecule has 0 saturated heterocycles. The van der Waals surface area contributed by atoms with Crippen LogP contribution >= 0.6 is 0 Å². The standard InChI is InChI=1S/C16H29N3O2/c1-7-21-15(10(2)3)14(19-17)8-13-12(5)16(20-6)11(4)9-18-13/h9-10,14-15,19H,7-8,17H2,1-6H3. The zero-order chi connectivity index (χ0) is 16.0. The molecule has 0 spiro atoms. The number of pyridine rings is 1. The number of aromatic nitrogens is 1. The highest BCUT2D eigenvalue weighted by molar-refractivity contribution is 5.41. The largest absolute Gasteiger partial charge is 0.496 e. The molecule has 1 aromatic heterocycles. The van der Waals surface area contributed by atoms with Gasteiger partial charge in [0.1, 0.15) is 5.75 Å². The lowest BCUT2D eigenvalue weighted by Crippen LogP contribution is -2.49. The number of aryl methyl sites for hydroxylation is 1. The Morgan fingerprint density at radius 3 is 2.48 bits per heavy atom. The molecule has 0 aliphatic rings. The second kappa shape index (κ2) is 8.32. The molecule has 0 aliphatic heterocycles. The minimum absolute atomic E-state index is 0.0172. The predicted molar refractivity (Wildman–Crippen MR) is 85.3 cm³/mol. The van der Waals surface area contributed by atoms with Crippen molar-refractivity contribution in [2.75, 3.05) is 13.7 Å². The van der Waals surface area contributed by atoms with Gasteiger partial charge in [0.25, 0.3) is 0 Å². The molecule has 120 valence electrons. The monoisotopic (exact) mass is 295 g/mol. The normalized spacial score (nSPS) is 14.3. The van der Waals surface area contributed by atoms with E-state index in [1.807, 2.05) is 27.0 Å². The minimum Gasteiger partial charge on any atom is -0.496 e. The number of rotatable bonds is 8. The fraction of sp³-hybridized carbons (Fsp3) is 0.688. The van der Waals surface area contributed by atoms with E-state index in [0.29, 0.717) is 18.9 Å². The zero-order valence-electron chi connectivity index (χ0n) is 14.1. The highest BCUT2D eigenvalue weighted by Crippen LogP contribution is 2.25. The number of hydrogen-bond donors (Lipinski definition) is 2. The van der Waals surface area contributed by atoms with E-state index in [2.05, 4.69) is 24.3 Å². The van der Waals surface area contributed by atoms with Gasteiger partial charge in [-0.2, -0.15) is 0 Å². The first-order valence-electron chi connectivity index (χ1n) is 7.52. The Kier molecular flexibility index (Phi) is 7.08. The van der Waals surface area contributed by atoms with Gasteiger partial charge in [0.2, 0.25) is 0 Å². The van der Waals surface area contributed by atoms with Gasteiger partial charge in [-0.3, -0.25) is 16.3 Å². The molecule has 1 heterocycles. The van der Waals surface area contributed by atoms with Gasteiger partial charge in [0.15, 0.2) is 0 Å². The summed E-state index contributed by atoms with van der Waals surface area (Å²) < 4.78 is 11.3. The topological polar surface area (TPSA) is 69.4 Å². The van der Waals surface area contributed by atoms with Gasteiger partial charge >= 0.3 is 0 Å². The molecule has 0 fully saturated rings. The molecule has 0 saturated carbocycles. The Hall–Kier alpha value is -1.17. The summed E-state index contributed by atoms with van der Waals surface area (Å²) in [6, 6.07) is 0.0172. The molecule has 0 aliphatic carbocycles. The van der Waals surface area contributed by atoms with Crippen molar-refractivity contribution < 1.29 is 9.47 Å². The minimum atomic E-state index is 0.0172. The molecule has 0 amide bonds. The molecule has 2 atom stereocenters. The summed E-state index contributed by atoms with van der Waals surface area (Å²) in [4.78, 5) is 4.54. The second-order valence-electron chi connectivity index (χ2n) is 5.69. The van der Waals surface area contributed by atoms with E-state index in [4.69, 9.17) is 15.3 Å². The van der Waals surface area contributed by atoms with Crippen LogP contribution in [0, 0.1) is 19.8 Å². The van der Waals surface area contributed by atoms with Crippen molar-refractivity contribution >= 4 is 0 Å². The first-order chi connectivity index (χ1) is 9.96. The van der Waals surface area contributed by atoms with Crippen molar-refractivity contribution in [1.29, 1.82) is 0 Å². The summed E-state index contributed by atoms with van der Waals surface area (Å²) in [5.41, 5.74) is 5.99. The van der Waals surface area contributed by atoms with Crippen LogP contribution in [0.3, 0.4) is 0 Å². The SMILES string of the molecule is CCOC(C(C)C)C(Cc1ncc(C)c(OC)c1C)NN. The summed E-state index contributed by atoms with van der Waals surface area (Å²) >= 11 is 0. The fourth-order valence-electron chi connectivity index (χ4n) is 2.72. The van der Waals surface area contributed by atoms with Gasteiger partial charge in [-0.1, -0.05) is 13.8 Å². The second-order valence-corrected chi connectivity index (χ2v) is 5.69. The maximum absolute atomic E-state index is 5.85. The van der Waals surface area contributed by atoms with Crippen molar-refractivity contribution in [3.05, 3.63) is 23.0 Å². The van der Waals surface area contributed by atoms with E-state index in [1.54, 1.807) is 7.11 Å². The molecule has 3 N–H and O–H groups in total. The number of nitrogens with one attached hydrogen (secondary N) is 1. The summed E-state index contributed by atoms with van der Waals surface area (Å²) in [5.74, 6) is 7.02. The first-order valence-corrected chi connectivity index (χ1v) is 7.52. The Morgan fingerprint density at radius 1 is 1.33 bits per heavy atom. The number of ether oxygens (including phenoxy) is 2. The van der Waals surface area contributed by atoms with Gasteiger partial charge in [-0.25, -0.2) is 0 Å². The van der Waals surface area contributed by atoms with Crippen LogP contribution in [0.1, 0.15) is 37.6 Å². The van der Waals surface area contributed by atoms with Crippen molar-refractivity contribution in [2.45, 2.75) is 53.2 Å². The van der Waals surface area contributed by atoms with E-state index in [0.717, 1.165) is 22.6 Å². The molecule has 1 rings (SSSR count). The van der Waals surface area contributed by atoms with Crippen molar-refractivity contribution in [2.24, 2.45) is 11.8 Å². The summed E-state index contributed by atoms with van der Waals surface area (Å²) in [6.45, 7) is 11.0. The summed E-state index contributed by atoms with van der Waals surface area (Å²) in [5, 5.41) is 0. The van der Waals surface area contributed by atoms with Gasteiger partial charge < -0.3 is 9.47 Å². The van der Waals surface area contributed by atoms with Crippen LogP contribution in [0.15, 0.2) is 6.20 Å². The number of nitrogens with two attached hydrogens (primary N) is 1. The van der Waals surface area contributed by atoms with E-state index in [1.165, 1.54) is 0 Å². The highest BCUT2D eigenvalue weighted by Gasteiger charge is 2.26. The number of hydrazine groups is 1. The molecule has 0 aromatic carbocycles. The average molecular weight is 295 g/mol. The predicted octanol–water partition coefficient (Wildman–Crippen LogP) is 2.14. The van der Waals surface area contributed by atoms with Crippen molar-refractivity contribution in [1.82, 2.24) is 10.4 Å². The lowest BCUT2D eigenvalue weighted by atomic mass is 9.94. The quantitative estimate of drug-likeness (QED) is 0.568. The average Bonchev–Trinajstić information content (AvgIpc) is 2.45. The van der Waals surface area contributed by atoms with E-state index >= 15 is 0 Å².